The van der Waals surface area contributed by atoms with Gasteiger partial charge in [-0.1, -0.05) is 71.4 Å². The predicted molar refractivity (Wildman–Crippen MR) is 158 cm³/mol. The third-order valence-corrected chi connectivity index (χ3v) is 11.3. The van der Waals surface area contributed by atoms with Crippen molar-refractivity contribution >= 4 is 41.9 Å². The lowest BCUT2D eigenvalue weighted by atomic mass is 10.0. The number of carbonyl (C=O) groups is 1. The van der Waals surface area contributed by atoms with Gasteiger partial charge in [0.1, 0.15) is 0 Å². The minimum absolute atomic E-state index is 0.150. The van der Waals surface area contributed by atoms with E-state index in [0.29, 0.717) is 25.8 Å². The second kappa shape index (κ2) is 13.4. The number of nitrogens with zero attached hydrogens (tertiary/aromatic N) is 3. The van der Waals surface area contributed by atoms with Gasteiger partial charge >= 0.3 is 0 Å². The summed E-state index contributed by atoms with van der Waals surface area (Å²) in [7, 11) is -7.52. The molecule has 0 bridgehead atoms. The van der Waals surface area contributed by atoms with Gasteiger partial charge in [-0.05, 0) is 61.2 Å². The van der Waals surface area contributed by atoms with Crippen LogP contribution in [0.25, 0.3) is 0 Å². The van der Waals surface area contributed by atoms with E-state index in [1.165, 1.54) is 20.7 Å². The van der Waals surface area contributed by atoms with Gasteiger partial charge in [-0.2, -0.15) is 8.61 Å². The van der Waals surface area contributed by atoms with Crippen molar-refractivity contribution in [3.63, 3.8) is 0 Å². The molecular formula is C29H34BrN3O5S2. The molecule has 0 saturated carbocycles. The third kappa shape index (κ3) is 7.19. The summed E-state index contributed by atoms with van der Waals surface area (Å²) >= 11 is 3.34. The Balaban J connectivity index is 1.54. The van der Waals surface area contributed by atoms with E-state index >= 15 is 0 Å². The maximum absolute atomic E-state index is 13.8. The number of hydrogen-bond acceptors (Lipinski definition) is 5. The Bertz CT molecular complexity index is 1480. The van der Waals surface area contributed by atoms with Gasteiger partial charge in [-0.15, -0.1) is 0 Å². The number of piperidine rings is 1. The van der Waals surface area contributed by atoms with Gasteiger partial charge in [0.05, 0.1) is 16.3 Å². The molecule has 3 aromatic carbocycles. The fourth-order valence-corrected chi connectivity index (χ4v) is 8.10. The molecule has 1 aliphatic rings. The topological polar surface area (TPSA) is 95.1 Å². The maximum Gasteiger partial charge on any atom is 0.243 e. The van der Waals surface area contributed by atoms with Crippen LogP contribution >= 0.6 is 15.9 Å². The normalized spacial score (nSPS) is 15.3. The van der Waals surface area contributed by atoms with Gasteiger partial charge in [0.15, 0.2) is 0 Å². The van der Waals surface area contributed by atoms with Crippen molar-refractivity contribution in [3.8, 4) is 0 Å². The first-order chi connectivity index (χ1) is 19.1. The Kier molecular flexibility index (Phi) is 10.2. The quantitative estimate of drug-likeness (QED) is 0.300. The molecule has 3 aromatic rings. The molecule has 1 aliphatic heterocycles. The highest BCUT2D eigenvalue weighted by Gasteiger charge is 2.35. The Morgan fingerprint density at radius 2 is 1.43 bits per heavy atom. The molecule has 40 heavy (non-hydrogen) atoms. The molecule has 1 amide bonds. The molecule has 0 aliphatic carbocycles. The third-order valence-electron chi connectivity index (χ3n) is 7.00. The monoisotopic (exact) mass is 647 g/mol. The van der Waals surface area contributed by atoms with Crippen molar-refractivity contribution in [2.75, 3.05) is 26.2 Å². The number of carbonyl (C=O) groups excluding carboxylic acids is 1. The lowest BCUT2D eigenvalue weighted by Crippen LogP contribution is -2.51. The van der Waals surface area contributed by atoms with Gasteiger partial charge < -0.3 is 4.90 Å². The molecule has 0 radical (unpaired) electrons. The van der Waals surface area contributed by atoms with Crippen LogP contribution in [-0.2, 0) is 31.4 Å². The zero-order valence-corrected chi connectivity index (χ0v) is 25.6. The van der Waals surface area contributed by atoms with Gasteiger partial charge in [0.25, 0.3) is 0 Å². The largest absolute Gasteiger partial charge is 0.334 e. The molecule has 8 nitrogen and oxygen atoms in total. The van der Waals surface area contributed by atoms with Crippen LogP contribution in [0.5, 0.6) is 0 Å². The van der Waals surface area contributed by atoms with E-state index in [1.807, 2.05) is 37.3 Å². The van der Waals surface area contributed by atoms with Crippen LogP contribution in [0.3, 0.4) is 0 Å². The van der Waals surface area contributed by atoms with Crippen LogP contribution in [0, 0.1) is 0 Å². The summed E-state index contributed by atoms with van der Waals surface area (Å²) in [4.78, 5) is 15.9. The number of halogens is 1. The van der Waals surface area contributed by atoms with Gasteiger partial charge in [-0.25, -0.2) is 16.8 Å². The number of sulfonamides is 2. The number of hydrogen-bond donors (Lipinski definition) is 0. The average Bonchev–Trinajstić information content (AvgIpc) is 2.97. The summed E-state index contributed by atoms with van der Waals surface area (Å²) in [5.41, 5.74) is 0.925. The fourth-order valence-electron chi connectivity index (χ4n) is 4.87. The first-order valence-electron chi connectivity index (χ1n) is 13.3. The molecule has 1 heterocycles. The molecule has 0 atom stereocenters. The highest BCUT2D eigenvalue weighted by molar-refractivity contribution is 9.10. The van der Waals surface area contributed by atoms with Crippen LogP contribution in [0.2, 0.25) is 0 Å². The van der Waals surface area contributed by atoms with Crippen LogP contribution in [0.4, 0.5) is 0 Å². The maximum atomic E-state index is 13.8. The first-order valence-corrected chi connectivity index (χ1v) is 16.9. The second-order valence-electron chi connectivity index (χ2n) is 9.75. The minimum atomic E-state index is -3.86. The van der Waals surface area contributed by atoms with Crippen LogP contribution in [0.1, 0.15) is 31.7 Å². The van der Waals surface area contributed by atoms with Gasteiger partial charge in [0, 0.05) is 36.7 Å². The van der Waals surface area contributed by atoms with E-state index < -0.39 is 20.0 Å². The van der Waals surface area contributed by atoms with Crippen LogP contribution in [-0.4, -0.2) is 68.5 Å². The van der Waals surface area contributed by atoms with Crippen molar-refractivity contribution in [3.05, 3.63) is 95.0 Å². The van der Waals surface area contributed by atoms with Crippen molar-refractivity contribution in [1.82, 2.24) is 13.5 Å². The smallest absolute Gasteiger partial charge is 0.243 e. The number of amides is 1. The molecule has 4 rings (SSSR count). The van der Waals surface area contributed by atoms with E-state index in [4.69, 9.17) is 0 Å². The van der Waals surface area contributed by atoms with Gasteiger partial charge in [0.2, 0.25) is 26.0 Å². The first kappa shape index (κ1) is 30.4. The van der Waals surface area contributed by atoms with E-state index in [-0.39, 0.29) is 47.9 Å². The molecule has 0 unspecified atom stereocenters. The molecule has 214 valence electrons. The highest BCUT2D eigenvalue weighted by Crippen LogP contribution is 2.26. The Labute approximate surface area is 245 Å². The standard InChI is InChI=1S/C29H34BrN3O5S2/c1-2-19-32(40(37,38)27-11-7-4-8-12-27)23-29(34)33(22-24-9-5-3-6-10-24)26-17-20-31(21-18-26)39(35,36)28-15-13-25(30)14-16-28/h3-16,26H,2,17-23H2,1H3. The zero-order valence-electron chi connectivity index (χ0n) is 22.4. The van der Waals surface area contributed by atoms with Crippen molar-refractivity contribution < 1.29 is 21.6 Å². The average molecular weight is 649 g/mol. The lowest BCUT2D eigenvalue weighted by molar-refractivity contribution is -0.135. The lowest BCUT2D eigenvalue weighted by Gasteiger charge is -2.39. The Hall–Kier alpha value is -2.57. The Morgan fingerprint density at radius 3 is 2.00 bits per heavy atom. The predicted octanol–water partition coefficient (Wildman–Crippen LogP) is 4.73. The summed E-state index contributed by atoms with van der Waals surface area (Å²) in [6.45, 7) is 2.66. The fraction of sp³-hybridized carbons (Fsp3) is 0.345. The van der Waals surface area contributed by atoms with E-state index in [1.54, 1.807) is 47.4 Å². The molecule has 1 fully saturated rings. The summed E-state index contributed by atoms with van der Waals surface area (Å²) < 4.78 is 56.7. The SMILES string of the molecule is CCCN(CC(=O)N(Cc1ccccc1)C1CCN(S(=O)(=O)c2ccc(Br)cc2)CC1)S(=O)(=O)c1ccccc1. The molecule has 11 heteroatoms. The zero-order chi connectivity index (χ0) is 28.8. The van der Waals surface area contributed by atoms with Crippen molar-refractivity contribution in [1.29, 1.82) is 0 Å². The highest BCUT2D eigenvalue weighted by atomic mass is 79.9. The molecule has 0 N–H and O–H groups in total. The molecular weight excluding hydrogens is 614 g/mol. The van der Waals surface area contributed by atoms with E-state index in [0.717, 1.165) is 10.0 Å². The summed E-state index contributed by atoms with van der Waals surface area (Å²) in [5, 5.41) is 0. The van der Waals surface area contributed by atoms with E-state index in [9.17, 15) is 21.6 Å². The van der Waals surface area contributed by atoms with Crippen molar-refractivity contribution in [2.24, 2.45) is 0 Å². The molecule has 0 aromatic heterocycles. The Morgan fingerprint density at radius 1 is 0.850 bits per heavy atom. The number of benzene rings is 3. The van der Waals surface area contributed by atoms with Crippen molar-refractivity contribution in [2.45, 2.75) is 48.6 Å². The second-order valence-corrected chi connectivity index (χ2v) is 14.5. The number of rotatable bonds is 11. The summed E-state index contributed by atoms with van der Waals surface area (Å²) in [6, 6.07) is 24.0. The van der Waals surface area contributed by atoms with Crippen LogP contribution in [0.15, 0.2) is 99.2 Å². The molecule has 0 spiro atoms. The minimum Gasteiger partial charge on any atom is -0.334 e. The molecule has 1 saturated heterocycles. The van der Waals surface area contributed by atoms with Gasteiger partial charge in [-0.3, -0.25) is 4.79 Å². The summed E-state index contributed by atoms with van der Waals surface area (Å²) in [5.74, 6) is -0.300. The summed E-state index contributed by atoms with van der Waals surface area (Å²) in [6.07, 6.45) is 1.46. The van der Waals surface area contributed by atoms with Crippen LogP contribution < -0.4 is 0 Å². The van der Waals surface area contributed by atoms with E-state index in [2.05, 4.69) is 15.9 Å².